The molecule has 0 fully saturated rings. The van der Waals surface area contributed by atoms with Crippen molar-refractivity contribution in [1.82, 2.24) is 0 Å². The third-order valence-corrected chi connectivity index (χ3v) is 6.73. The molecule has 0 aliphatic rings. The molecule has 168 valence electrons. The highest BCUT2D eigenvalue weighted by atomic mass is 32.2. The van der Waals surface area contributed by atoms with Crippen molar-refractivity contribution < 1.29 is 27.4 Å². The Morgan fingerprint density at radius 3 is 2.59 bits per heavy atom. The van der Waals surface area contributed by atoms with Gasteiger partial charge in [0.05, 0.1) is 10.6 Å². The lowest BCUT2D eigenvalue weighted by atomic mass is 10.2. The van der Waals surface area contributed by atoms with E-state index in [1.807, 2.05) is 48.7 Å². The number of nitrogens with zero attached hydrogens (tertiary/aromatic N) is 2. The number of fused-ring (bicyclic) bond motifs is 1. The second-order valence-electron chi connectivity index (χ2n) is 7.19. The van der Waals surface area contributed by atoms with Crippen LogP contribution in [0.2, 0.25) is 0 Å². The van der Waals surface area contributed by atoms with Gasteiger partial charge in [0.2, 0.25) is 5.52 Å². The molecule has 1 heterocycles. The van der Waals surface area contributed by atoms with Crippen molar-refractivity contribution in [2.45, 2.75) is 43.5 Å². The summed E-state index contributed by atoms with van der Waals surface area (Å²) in [6.45, 7) is 0.683. The number of aromatic nitrogens is 1. The number of hydrogen-bond donors (Lipinski definition) is 2. The van der Waals surface area contributed by atoms with E-state index < -0.39 is 16.1 Å². The molecule has 0 radical (unpaired) electrons. The largest absolute Gasteiger partial charge is 0.481 e. The summed E-state index contributed by atoms with van der Waals surface area (Å²) in [5.41, 5.74) is 1.76. The van der Waals surface area contributed by atoms with E-state index in [1.54, 1.807) is 6.07 Å². The van der Waals surface area contributed by atoms with E-state index in [-0.39, 0.29) is 11.3 Å². The summed E-state index contributed by atoms with van der Waals surface area (Å²) < 4.78 is 35.2. The number of carboxylic acids is 1. The van der Waals surface area contributed by atoms with Crippen molar-refractivity contribution in [3.05, 3.63) is 59.6 Å². The number of carboxylic acid groups (broad SMARTS) is 1. The smallest absolute Gasteiger partial charge is 0.303 e. The molecule has 0 saturated carbocycles. The number of benzene rings is 2. The van der Waals surface area contributed by atoms with Crippen molar-refractivity contribution in [3.8, 4) is 0 Å². The summed E-state index contributed by atoms with van der Waals surface area (Å²) in [6.07, 6.45) is 8.79. The number of aryl methyl sites for hydroxylation is 1. The second-order valence-corrected chi connectivity index (χ2v) is 9.67. The van der Waals surface area contributed by atoms with E-state index >= 15 is 0 Å². The Bertz CT molecular complexity index is 1230. The fourth-order valence-electron chi connectivity index (χ4n) is 3.23. The number of unbranched alkanes of at least 4 members (excludes halogenated alkanes) is 2. The molecule has 3 rings (SSSR count). The number of rotatable bonds is 11. The first-order valence-corrected chi connectivity index (χ1v) is 12.5. The normalized spacial score (nSPS) is 12.3. The van der Waals surface area contributed by atoms with E-state index in [0.717, 1.165) is 33.8 Å². The van der Waals surface area contributed by atoms with Gasteiger partial charge < -0.3 is 5.11 Å². The van der Waals surface area contributed by atoms with Crippen molar-refractivity contribution in [2.75, 3.05) is 0 Å². The number of thiazole rings is 1. The van der Waals surface area contributed by atoms with Crippen LogP contribution in [0.1, 0.15) is 37.1 Å². The molecule has 32 heavy (non-hydrogen) atoms. The average molecular weight is 474 g/mol. The predicted molar refractivity (Wildman–Crippen MR) is 126 cm³/mol. The summed E-state index contributed by atoms with van der Waals surface area (Å²) in [6, 6.07) is 14.2. The van der Waals surface area contributed by atoms with Crippen LogP contribution in [-0.4, -0.2) is 30.3 Å². The van der Waals surface area contributed by atoms with Gasteiger partial charge in [0.1, 0.15) is 4.70 Å². The van der Waals surface area contributed by atoms with Crippen LogP contribution in [0.5, 0.6) is 0 Å². The van der Waals surface area contributed by atoms with Gasteiger partial charge in [-0.3, -0.25) is 14.3 Å². The van der Waals surface area contributed by atoms with Gasteiger partial charge in [-0.25, -0.2) is 0 Å². The van der Waals surface area contributed by atoms with Crippen LogP contribution < -0.4 is 4.57 Å². The van der Waals surface area contributed by atoms with Crippen LogP contribution in [0.15, 0.2) is 64.5 Å². The lowest BCUT2D eigenvalue weighted by Crippen LogP contribution is -2.35. The number of carbonyl (C=O) groups is 1. The van der Waals surface area contributed by atoms with Gasteiger partial charge in [0, 0.05) is 37.6 Å². The highest BCUT2D eigenvalue weighted by Gasteiger charge is 2.21. The van der Waals surface area contributed by atoms with Crippen LogP contribution in [0.4, 0.5) is 5.69 Å². The summed E-state index contributed by atoms with van der Waals surface area (Å²) in [5, 5.41) is 9.74. The van der Waals surface area contributed by atoms with Crippen LogP contribution in [-0.2, 0) is 21.5 Å². The number of para-hydroxylation sites is 1. The van der Waals surface area contributed by atoms with Gasteiger partial charge >= 0.3 is 5.97 Å². The molecule has 2 N–H and O–H groups in total. The van der Waals surface area contributed by atoms with Crippen LogP contribution in [0.3, 0.4) is 0 Å². The lowest BCUT2D eigenvalue weighted by Gasteiger charge is -1.99. The van der Waals surface area contributed by atoms with E-state index in [1.165, 1.54) is 23.5 Å². The SMILES string of the molecule is O=C(O)CCCCC[n+]1c(C=CCC=Nc2ccccc2)sc2cc(S(=O)(=O)O)ccc21. The molecule has 7 nitrogen and oxygen atoms in total. The Labute approximate surface area is 191 Å². The molecular formula is C23H25N2O5S2+. The Morgan fingerprint density at radius 2 is 1.88 bits per heavy atom. The molecular weight excluding hydrogens is 448 g/mol. The summed E-state index contributed by atoms with van der Waals surface area (Å²) >= 11 is 1.44. The number of aliphatic carboxylic acids is 1. The van der Waals surface area contributed by atoms with Crippen LogP contribution in [0.25, 0.3) is 16.3 Å². The number of allylic oxidation sites excluding steroid dienone is 1. The Kier molecular flexibility index (Phi) is 8.26. The van der Waals surface area contributed by atoms with Crippen molar-refractivity contribution in [2.24, 2.45) is 4.99 Å². The van der Waals surface area contributed by atoms with Gasteiger partial charge in [-0.1, -0.05) is 35.6 Å². The molecule has 9 heteroatoms. The summed E-state index contributed by atoms with van der Waals surface area (Å²) in [4.78, 5) is 15.0. The highest BCUT2D eigenvalue weighted by Crippen LogP contribution is 2.25. The molecule has 0 spiro atoms. The van der Waals surface area contributed by atoms with Crippen molar-refractivity contribution in [1.29, 1.82) is 0 Å². The summed E-state index contributed by atoms with van der Waals surface area (Å²) in [5.74, 6) is -0.794. The Hall–Kier alpha value is -2.88. The van der Waals surface area contributed by atoms with Crippen molar-refractivity contribution >= 4 is 55.6 Å². The fraction of sp³-hybridized carbons (Fsp3) is 0.261. The molecule has 0 amide bonds. The maximum absolute atomic E-state index is 11.5. The van der Waals surface area contributed by atoms with Crippen LogP contribution in [0, 0.1) is 0 Å². The molecule has 3 aromatic rings. The predicted octanol–water partition coefficient (Wildman–Crippen LogP) is 4.89. The Morgan fingerprint density at radius 1 is 1.09 bits per heavy atom. The molecule has 0 aliphatic carbocycles. The molecule has 0 bridgehead atoms. The molecule has 0 unspecified atom stereocenters. The van der Waals surface area contributed by atoms with E-state index in [0.29, 0.717) is 19.4 Å². The van der Waals surface area contributed by atoms with Gasteiger partial charge in [0.25, 0.3) is 15.1 Å². The number of aliphatic imine (C=N–C) groups is 1. The quantitative estimate of drug-likeness (QED) is 0.178. The van der Waals surface area contributed by atoms with Gasteiger partial charge in [0.15, 0.2) is 6.54 Å². The van der Waals surface area contributed by atoms with Crippen molar-refractivity contribution in [3.63, 3.8) is 0 Å². The maximum atomic E-state index is 11.5. The van der Waals surface area contributed by atoms with E-state index in [2.05, 4.69) is 9.56 Å². The molecule has 1 aromatic heterocycles. The first-order valence-electron chi connectivity index (χ1n) is 10.2. The monoisotopic (exact) mass is 473 g/mol. The first kappa shape index (κ1) is 23.8. The second kappa shape index (κ2) is 11.1. The van der Waals surface area contributed by atoms with Gasteiger partial charge in [-0.15, -0.1) is 0 Å². The zero-order valence-corrected chi connectivity index (χ0v) is 19.1. The standard InChI is InChI=1S/C23H24N2O5S2/c26-23(27)12-5-2-8-16-25-20-14-13-19(32(28,29)30)17-21(20)31-22(25)11-6-7-15-24-18-9-3-1-4-10-18/h1,3-4,6,9-11,13-15,17H,2,5,7-8,12,16H2,(H-,26,27,28,29,30)/p+1. The van der Waals surface area contributed by atoms with Gasteiger partial charge in [-0.05, 0) is 37.1 Å². The molecule has 0 aliphatic heterocycles. The minimum atomic E-state index is -4.27. The minimum Gasteiger partial charge on any atom is -0.481 e. The zero-order valence-electron chi connectivity index (χ0n) is 17.4. The van der Waals surface area contributed by atoms with Crippen LogP contribution >= 0.6 is 11.3 Å². The van der Waals surface area contributed by atoms with E-state index in [4.69, 9.17) is 5.11 Å². The fourth-order valence-corrected chi connectivity index (χ4v) is 4.97. The maximum Gasteiger partial charge on any atom is 0.303 e. The average Bonchev–Trinajstić information content (AvgIpc) is 3.10. The van der Waals surface area contributed by atoms with E-state index in [9.17, 15) is 17.8 Å². The third-order valence-electron chi connectivity index (χ3n) is 4.77. The Balaban J connectivity index is 1.78. The molecule has 0 saturated heterocycles. The zero-order chi connectivity index (χ0) is 23.0. The molecule has 2 aromatic carbocycles. The number of hydrogen-bond acceptors (Lipinski definition) is 5. The van der Waals surface area contributed by atoms with Gasteiger partial charge in [-0.2, -0.15) is 13.0 Å². The molecule has 0 atom stereocenters. The topological polar surface area (TPSA) is 108 Å². The third kappa shape index (κ3) is 6.81. The lowest BCUT2D eigenvalue weighted by molar-refractivity contribution is -0.669. The first-order chi connectivity index (χ1) is 15.3. The minimum absolute atomic E-state index is 0.134. The summed E-state index contributed by atoms with van der Waals surface area (Å²) in [7, 11) is -4.27. The highest BCUT2D eigenvalue weighted by molar-refractivity contribution is 7.85.